The molecule has 9 heteroatoms. The molecule has 1 N–H and O–H groups in total. The summed E-state index contributed by atoms with van der Waals surface area (Å²) in [6.45, 7) is 6.07. The summed E-state index contributed by atoms with van der Waals surface area (Å²) in [5.41, 5.74) is 3.41. The fourth-order valence-electron chi connectivity index (χ4n) is 5.13. The Hall–Kier alpha value is -2.78. The highest BCUT2D eigenvalue weighted by atomic mass is 16.5. The number of rotatable bonds is 4. The number of ether oxygens (including phenoxy) is 1. The molecule has 2 saturated heterocycles. The highest BCUT2D eigenvalue weighted by Crippen LogP contribution is 2.28. The molecule has 5 rings (SSSR count). The Labute approximate surface area is 200 Å². The Balaban J connectivity index is 1.15. The maximum Gasteiger partial charge on any atom is 0.276 e. The summed E-state index contributed by atoms with van der Waals surface area (Å²) < 4.78 is 7.86. The predicted molar refractivity (Wildman–Crippen MR) is 126 cm³/mol. The van der Waals surface area contributed by atoms with E-state index in [0.29, 0.717) is 44.8 Å². The van der Waals surface area contributed by atoms with Crippen molar-refractivity contribution in [1.29, 1.82) is 0 Å². The molecule has 0 aliphatic carbocycles. The van der Waals surface area contributed by atoms with Gasteiger partial charge in [-0.05, 0) is 58.3 Å². The molecule has 2 amide bonds. The SMILES string of the molecule is Cc1ccc([C@H]2Cn3nnc(C(=O)N4CCC(C(=O)NC5CCN(C)CC5)CC4)c3CO2)cc1. The zero-order chi connectivity index (χ0) is 23.7. The summed E-state index contributed by atoms with van der Waals surface area (Å²) in [5.74, 6) is -0.0117. The molecule has 0 radical (unpaired) electrons. The van der Waals surface area contributed by atoms with Gasteiger partial charge >= 0.3 is 0 Å². The Kier molecular flexibility index (Phi) is 6.65. The van der Waals surface area contributed by atoms with Crippen molar-refractivity contribution in [2.75, 3.05) is 33.2 Å². The van der Waals surface area contributed by atoms with Crippen LogP contribution < -0.4 is 5.32 Å². The third kappa shape index (κ3) is 4.86. The molecule has 34 heavy (non-hydrogen) atoms. The highest BCUT2D eigenvalue weighted by Gasteiger charge is 2.33. The topological polar surface area (TPSA) is 92.6 Å². The summed E-state index contributed by atoms with van der Waals surface area (Å²) in [4.78, 5) is 30.0. The molecule has 1 aromatic carbocycles. The van der Waals surface area contributed by atoms with Crippen LogP contribution in [0.15, 0.2) is 24.3 Å². The van der Waals surface area contributed by atoms with E-state index in [1.54, 1.807) is 9.58 Å². The van der Waals surface area contributed by atoms with Gasteiger partial charge in [0.2, 0.25) is 5.91 Å². The standard InChI is InChI=1S/C25H34N6O3/c1-17-3-5-18(6-4-17)22-15-31-21(16-34-22)23(27-28-31)25(33)30-13-7-19(8-14-30)24(32)26-20-9-11-29(2)12-10-20/h3-6,19-20,22H,7-16H2,1-2H3,(H,26,32)/t22-/m1/s1. The van der Waals surface area contributed by atoms with Gasteiger partial charge in [0.15, 0.2) is 5.69 Å². The number of amides is 2. The van der Waals surface area contributed by atoms with Gasteiger partial charge in [0.1, 0.15) is 6.10 Å². The van der Waals surface area contributed by atoms with Crippen LogP contribution in [0.2, 0.25) is 0 Å². The van der Waals surface area contributed by atoms with E-state index in [4.69, 9.17) is 4.74 Å². The molecule has 0 unspecified atom stereocenters. The first-order valence-corrected chi connectivity index (χ1v) is 12.4. The van der Waals surface area contributed by atoms with Gasteiger partial charge in [0.05, 0.1) is 18.8 Å². The van der Waals surface area contributed by atoms with E-state index in [-0.39, 0.29) is 29.9 Å². The number of benzene rings is 1. The van der Waals surface area contributed by atoms with Crippen molar-refractivity contribution >= 4 is 11.8 Å². The molecular formula is C25H34N6O3. The summed E-state index contributed by atoms with van der Waals surface area (Å²) in [7, 11) is 2.12. The Bertz CT molecular complexity index is 1020. The predicted octanol–water partition coefficient (Wildman–Crippen LogP) is 1.92. The third-order valence-corrected chi connectivity index (χ3v) is 7.47. The molecular weight excluding hydrogens is 432 g/mol. The number of carbonyl (C=O) groups is 2. The van der Waals surface area contributed by atoms with Crippen LogP contribution in [0, 0.1) is 12.8 Å². The van der Waals surface area contributed by atoms with Crippen LogP contribution in [0.5, 0.6) is 0 Å². The molecule has 3 aliphatic rings. The Morgan fingerprint density at radius 2 is 1.74 bits per heavy atom. The molecule has 3 aliphatic heterocycles. The van der Waals surface area contributed by atoms with Crippen molar-refractivity contribution in [3.05, 3.63) is 46.8 Å². The average molecular weight is 467 g/mol. The fraction of sp³-hybridized carbons (Fsp3) is 0.600. The van der Waals surface area contributed by atoms with Gasteiger partial charge in [0, 0.05) is 25.0 Å². The fourth-order valence-corrected chi connectivity index (χ4v) is 5.13. The highest BCUT2D eigenvalue weighted by molar-refractivity contribution is 5.93. The maximum atomic E-state index is 13.2. The van der Waals surface area contributed by atoms with Crippen molar-refractivity contribution in [2.24, 2.45) is 5.92 Å². The number of aromatic nitrogens is 3. The van der Waals surface area contributed by atoms with Crippen LogP contribution in [0.3, 0.4) is 0 Å². The lowest BCUT2D eigenvalue weighted by Gasteiger charge is -2.34. The first-order valence-electron chi connectivity index (χ1n) is 12.4. The van der Waals surface area contributed by atoms with E-state index in [0.717, 1.165) is 37.2 Å². The molecule has 0 bridgehead atoms. The first-order chi connectivity index (χ1) is 16.5. The second kappa shape index (κ2) is 9.84. The molecule has 182 valence electrons. The normalized spacial score (nSPS) is 22.4. The van der Waals surface area contributed by atoms with Crippen molar-refractivity contribution in [3.8, 4) is 0 Å². The minimum atomic E-state index is -0.118. The van der Waals surface area contributed by atoms with Gasteiger partial charge in [-0.15, -0.1) is 5.10 Å². The lowest BCUT2D eigenvalue weighted by molar-refractivity contribution is -0.127. The van der Waals surface area contributed by atoms with E-state index in [2.05, 4.69) is 58.8 Å². The smallest absolute Gasteiger partial charge is 0.276 e. The Morgan fingerprint density at radius 3 is 2.44 bits per heavy atom. The van der Waals surface area contributed by atoms with E-state index in [9.17, 15) is 9.59 Å². The average Bonchev–Trinajstić information content (AvgIpc) is 3.29. The zero-order valence-corrected chi connectivity index (χ0v) is 20.1. The molecule has 1 atom stereocenters. The van der Waals surface area contributed by atoms with Gasteiger partial charge in [-0.2, -0.15) is 0 Å². The van der Waals surface area contributed by atoms with Gasteiger partial charge in [-0.3, -0.25) is 9.59 Å². The molecule has 1 aromatic heterocycles. The van der Waals surface area contributed by atoms with Crippen molar-refractivity contribution in [2.45, 2.75) is 57.9 Å². The summed E-state index contributed by atoms with van der Waals surface area (Å²) >= 11 is 0. The number of nitrogens with one attached hydrogen (secondary N) is 1. The molecule has 0 spiro atoms. The van der Waals surface area contributed by atoms with Crippen molar-refractivity contribution in [3.63, 3.8) is 0 Å². The Morgan fingerprint density at radius 1 is 1.03 bits per heavy atom. The molecule has 9 nitrogen and oxygen atoms in total. The summed E-state index contributed by atoms with van der Waals surface area (Å²) in [6.07, 6.45) is 3.27. The molecule has 0 saturated carbocycles. The van der Waals surface area contributed by atoms with Crippen LogP contribution in [-0.4, -0.2) is 75.9 Å². The number of hydrogen-bond acceptors (Lipinski definition) is 6. The van der Waals surface area contributed by atoms with E-state index in [1.165, 1.54) is 5.56 Å². The number of nitrogens with zero attached hydrogens (tertiary/aromatic N) is 5. The quantitative estimate of drug-likeness (QED) is 0.740. The van der Waals surface area contributed by atoms with Crippen LogP contribution in [-0.2, 0) is 22.7 Å². The maximum absolute atomic E-state index is 13.2. The van der Waals surface area contributed by atoms with Crippen LogP contribution in [0.25, 0.3) is 0 Å². The van der Waals surface area contributed by atoms with Gasteiger partial charge in [-0.25, -0.2) is 4.68 Å². The molecule has 2 aromatic rings. The summed E-state index contributed by atoms with van der Waals surface area (Å²) in [5, 5.41) is 11.7. The van der Waals surface area contributed by atoms with Gasteiger partial charge in [-0.1, -0.05) is 35.0 Å². The lowest BCUT2D eigenvalue weighted by atomic mass is 9.94. The van der Waals surface area contributed by atoms with Gasteiger partial charge in [0.25, 0.3) is 5.91 Å². The zero-order valence-electron chi connectivity index (χ0n) is 20.1. The van der Waals surface area contributed by atoms with Crippen LogP contribution in [0.1, 0.15) is 59.1 Å². The molecule has 2 fully saturated rings. The number of likely N-dealkylation sites (tertiary alicyclic amines) is 2. The lowest BCUT2D eigenvalue weighted by Crippen LogP contribution is -2.48. The van der Waals surface area contributed by atoms with Crippen LogP contribution in [0.4, 0.5) is 0 Å². The largest absolute Gasteiger partial charge is 0.365 e. The molecule has 4 heterocycles. The number of aryl methyl sites for hydroxylation is 1. The number of piperidine rings is 2. The third-order valence-electron chi connectivity index (χ3n) is 7.47. The van der Waals surface area contributed by atoms with E-state index < -0.39 is 0 Å². The minimum absolute atomic E-state index is 0.0312. The van der Waals surface area contributed by atoms with E-state index >= 15 is 0 Å². The van der Waals surface area contributed by atoms with Crippen molar-refractivity contribution in [1.82, 2.24) is 30.1 Å². The minimum Gasteiger partial charge on any atom is -0.365 e. The number of fused-ring (bicyclic) bond motifs is 1. The first kappa shape index (κ1) is 23.0. The second-order valence-electron chi connectivity index (χ2n) is 9.93. The second-order valence-corrected chi connectivity index (χ2v) is 9.93. The number of carbonyl (C=O) groups excluding carboxylic acids is 2. The van der Waals surface area contributed by atoms with E-state index in [1.807, 2.05) is 0 Å². The summed E-state index contributed by atoms with van der Waals surface area (Å²) in [6, 6.07) is 8.56. The van der Waals surface area contributed by atoms with Crippen molar-refractivity contribution < 1.29 is 14.3 Å². The number of hydrogen-bond donors (Lipinski definition) is 1. The van der Waals surface area contributed by atoms with Crippen LogP contribution >= 0.6 is 0 Å². The van der Waals surface area contributed by atoms with Gasteiger partial charge < -0.3 is 19.9 Å². The monoisotopic (exact) mass is 466 g/mol.